The van der Waals surface area contributed by atoms with Crippen LogP contribution in [0.1, 0.15) is 37.2 Å². The first-order valence-corrected chi connectivity index (χ1v) is 12.2. The minimum atomic E-state index is -1.35. The van der Waals surface area contributed by atoms with Crippen LogP contribution in [0.4, 0.5) is 5.13 Å². The summed E-state index contributed by atoms with van der Waals surface area (Å²) in [7, 11) is 0. The lowest BCUT2D eigenvalue weighted by molar-refractivity contribution is -0.301. The summed E-state index contributed by atoms with van der Waals surface area (Å²) >= 11 is 2.89. The third kappa shape index (κ3) is 3.42. The van der Waals surface area contributed by atoms with Gasteiger partial charge in [-0.25, -0.2) is 4.98 Å². The van der Waals surface area contributed by atoms with Crippen LogP contribution < -0.4 is 15.3 Å². The molecule has 4 atom stereocenters. The molecular formula is C20H23N4O5S2-. The molecule has 4 aliphatic rings. The van der Waals surface area contributed by atoms with Crippen molar-refractivity contribution in [2.24, 2.45) is 11.8 Å². The van der Waals surface area contributed by atoms with Gasteiger partial charge in [0.05, 0.1) is 29.7 Å². The fourth-order valence-electron chi connectivity index (χ4n) is 4.52. The van der Waals surface area contributed by atoms with Gasteiger partial charge in [-0.05, 0) is 19.8 Å². The van der Waals surface area contributed by atoms with Crippen molar-refractivity contribution in [1.29, 1.82) is 0 Å². The number of carboxylic acids is 1. The zero-order chi connectivity index (χ0) is 22.0. The first-order chi connectivity index (χ1) is 14.8. The molecule has 5 rings (SSSR count). The summed E-state index contributed by atoms with van der Waals surface area (Å²) in [6.07, 6.45) is 1.23. The van der Waals surface area contributed by atoms with Gasteiger partial charge in [0.25, 0.3) is 5.91 Å². The van der Waals surface area contributed by atoms with E-state index in [-0.39, 0.29) is 40.8 Å². The number of nitrogens with one attached hydrogen (secondary N) is 1. The van der Waals surface area contributed by atoms with Gasteiger partial charge < -0.3 is 30.1 Å². The Kier molecular flexibility index (Phi) is 5.02. The number of aliphatic carboxylic acids is 1. The number of carbonyl (C=O) groups is 3. The molecular weight excluding hydrogens is 440 g/mol. The Labute approximate surface area is 187 Å². The van der Waals surface area contributed by atoms with Crippen molar-refractivity contribution in [2.45, 2.75) is 50.1 Å². The monoisotopic (exact) mass is 463 g/mol. The van der Waals surface area contributed by atoms with Crippen molar-refractivity contribution in [3.8, 4) is 0 Å². The Morgan fingerprint density at radius 2 is 2.10 bits per heavy atom. The molecule has 1 saturated carbocycles. The minimum Gasteiger partial charge on any atom is -0.543 e. The van der Waals surface area contributed by atoms with Crippen molar-refractivity contribution in [1.82, 2.24) is 15.2 Å². The van der Waals surface area contributed by atoms with E-state index < -0.39 is 18.0 Å². The maximum atomic E-state index is 12.4. The van der Waals surface area contributed by atoms with Crippen molar-refractivity contribution >= 4 is 46.0 Å². The second-order valence-electron chi connectivity index (χ2n) is 8.66. The Bertz CT molecular complexity index is 982. The Balaban J connectivity index is 1.23. The number of thioether (sulfide) groups is 1. The highest BCUT2D eigenvalue weighted by molar-refractivity contribution is 8.03. The molecule has 31 heavy (non-hydrogen) atoms. The molecule has 1 aliphatic carbocycles. The maximum absolute atomic E-state index is 12.4. The number of rotatable bonds is 7. The van der Waals surface area contributed by atoms with Crippen molar-refractivity contribution < 1.29 is 24.6 Å². The van der Waals surface area contributed by atoms with Gasteiger partial charge in [-0.1, -0.05) is 6.92 Å². The van der Waals surface area contributed by atoms with Gasteiger partial charge in [-0.3, -0.25) is 9.59 Å². The van der Waals surface area contributed by atoms with Crippen LogP contribution in [0.15, 0.2) is 16.0 Å². The second kappa shape index (κ2) is 7.49. The third-order valence-electron chi connectivity index (χ3n) is 6.35. The highest BCUT2D eigenvalue weighted by Crippen LogP contribution is 2.52. The molecule has 3 fully saturated rings. The number of carboxylic acid groups (broad SMARTS) is 1. The topological polar surface area (TPSA) is 126 Å². The molecule has 0 unspecified atom stereocenters. The van der Waals surface area contributed by atoms with E-state index in [9.17, 15) is 24.6 Å². The highest BCUT2D eigenvalue weighted by Gasteiger charge is 2.59. The number of amides is 2. The average Bonchev–Trinajstić information content (AvgIpc) is 3.27. The fraction of sp³-hybridized carbons (Fsp3) is 0.600. The lowest BCUT2D eigenvalue weighted by Crippen LogP contribution is -2.64. The van der Waals surface area contributed by atoms with E-state index in [2.05, 4.69) is 15.2 Å². The van der Waals surface area contributed by atoms with Gasteiger partial charge in [-0.2, -0.15) is 0 Å². The molecule has 0 aromatic carbocycles. The molecule has 166 valence electrons. The van der Waals surface area contributed by atoms with E-state index in [4.69, 9.17) is 0 Å². The van der Waals surface area contributed by atoms with E-state index >= 15 is 0 Å². The number of hydrogen-bond donors (Lipinski definition) is 2. The summed E-state index contributed by atoms with van der Waals surface area (Å²) in [5.41, 5.74) is 0.387. The smallest absolute Gasteiger partial charge is 0.271 e. The summed E-state index contributed by atoms with van der Waals surface area (Å²) in [5.74, 6) is -2.58. The molecule has 1 aromatic rings. The number of aliphatic hydroxyl groups excluding tert-OH is 1. The quantitative estimate of drug-likeness (QED) is 0.532. The predicted octanol–water partition coefficient (Wildman–Crippen LogP) is -0.224. The minimum absolute atomic E-state index is 0.0452. The summed E-state index contributed by atoms with van der Waals surface area (Å²) < 4.78 is 0. The number of aromatic nitrogens is 1. The number of hydrogen-bond acceptors (Lipinski definition) is 9. The normalized spacial score (nSPS) is 28.9. The van der Waals surface area contributed by atoms with Crippen LogP contribution in [0, 0.1) is 11.8 Å². The molecule has 0 bridgehead atoms. The van der Waals surface area contributed by atoms with Crippen molar-refractivity contribution in [3.05, 3.63) is 21.7 Å². The largest absolute Gasteiger partial charge is 0.543 e. The molecule has 11 heteroatoms. The second-order valence-corrected chi connectivity index (χ2v) is 10.8. The number of anilines is 1. The zero-order valence-electron chi connectivity index (χ0n) is 17.1. The molecule has 1 aromatic heterocycles. The zero-order valence-corrected chi connectivity index (χ0v) is 18.7. The molecule has 3 aliphatic heterocycles. The number of aliphatic hydroxyl groups is 1. The van der Waals surface area contributed by atoms with Gasteiger partial charge >= 0.3 is 0 Å². The third-order valence-corrected chi connectivity index (χ3v) is 8.70. The number of fused-ring (bicyclic) bond motifs is 1. The van der Waals surface area contributed by atoms with Crippen LogP contribution in [-0.4, -0.2) is 69.3 Å². The fourth-order valence-corrected chi connectivity index (χ4v) is 6.86. The number of thiazole rings is 1. The lowest BCUT2D eigenvalue weighted by atomic mass is 9.79. The van der Waals surface area contributed by atoms with Crippen molar-refractivity contribution in [3.63, 3.8) is 0 Å². The molecule has 2 saturated heterocycles. The van der Waals surface area contributed by atoms with Gasteiger partial charge in [0.1, 0.15) is 5.69 Å². The van der Waals surface area contributed by atoms with Crippen LogP contribution >= 0.6 is 23.1 Å². The van der Waals surface area contributed by atoms with Crippen LogP contribution in [0.2, 0.25) is 0 Å². The Hall–Kier alpha value is -2.11. The van der Waals surface area contributed by atoms with E-state index in [1.54, 1.807) is 12.3 Å². The summed E-state index contributed by atoms with van der Waals surface area (Å²) in [6, 6.07) is -0.0426. The van der Waals surface area contributed by atoms with Crippen LogP contribution in [-0.2, 0) is 9.59 Å². The Morgan fingerprint density at radius 3 is 2.71 bits per heavy atom. The maximum Gasteiger partial charge on any atom is 0.271 e. The van der Waals surface area contributed by atoms with E-state index in [0.29, 0.717) is 23.7 Å². The summed E-state index contributed by atoms with van der Waals surface area (Å²) in [6.45, 7) is 4.82. The first-order valence-electron chi connectivity index (χ1n) is 10.4. The van der Waals surface area contributed by atoms with Crippen LogP contribution in [0.25, 0.3) is 0 Å². The molecule has 4 heterocycles. The summed E-state index contributed by atoms with van der Waals surface area (Å²) in [5, 5.41) is 27.3. The van der Waals surface area contributed by atoms with Crippen LogP contribution in [0.3, 0.4) is 0 Å². The van der Waals surface area contributed by atoms with E-state index in [1.807, 2.05) is 6.92 Å². The number of β-lactam (4-membered cyclic amide) rings is 1. The SMILES string of the molecule is C[C@@H](O)[C@H]1C(=O)N2C(C(=O)[O-])=C(SC3CN(c4nc(C(=O)NC5CC5)cs4)C3)[C@H](C)[C@H]12. The van der Waals surface area contributed by atoms with E-state index in [1.165, 1.54) is 28.0 Å². The van der Waals surface area contributed by atoms with Crippen molar-refractivity contribution in [2.75, 3.05) is 18.0 Å². The summed E-state index contributed by atoms with van der Waals surface area (Å²) in [4.78, 5) is 44.8. The van der Waals surface area contributed by atoms with Crippen LogP contribution in [0.5, 0.6) is 0 Å². The van der Waals surface area contributed by atoms with E-state index in [0.717, 1.165) is 18.0 Å². The molecule has 2 amide bonds. The highest BCUT2D eigenvalue weighted by atomic mass is 32.2. The molecule has 0 radical (unpaired) electrons. The molecule has 0 spiro atoms. The van der Waals surface area contributed by atoms with Gasteiger partial charge in [-0.15, -0.1) is 23.1 Å². The molecule has 2 N–H and O–H groups in total. The van der Waals surface area contributed by atoms with Gasteiger partial charge in [0.2, 0.25) is 5.91 Å². The Morgan fingerprint density at radius 1 is 1.39 bits per heavy atom. The first kappa shape index (κ1) is 20.8. The predicted molar refractivity (Wildman–Crippen MR) is 113 cm³/mol. The molecule has 9 nitrogen and oxygen atoms in total. The average molecular weight is 464 g/mol. The standard InChI is InChI=1S/C20H24N4O5S2/c1-8-14-13(9(2)25)18(27)24(14)15(19(28)29)16(8)31-11-5-23(6-11)20-22-12(7-30-20)17(26)21-10-3-4-10/h7-11,13-14,25H,3-6H2,1-2H3,(H,21,26)(H,28,29)/p-1/t8-,9-,13-,14-/m1/s1. The van der Waals surface area contributed by atoms with Gasteiger partial charge in [0.15, 0.2) is 5.13 Å². The number of carbonyl (C=O) groups excluding carboxylic acids is 3. The number of nitrogens with zero attached hydrogens (tertiary/aromatic N) is 3. The van der Waals surface area contributed by atoms with Gasteiger partial charge in [0, 0.05) is 40.6 Å². The lowest BCUT2D eigenvalue weighted by Gasteiger charge is -2.47.